The fourth-order valence-electron chi connectivity index (χ4n) is 3.00. The molecule has 8 heteroatoms. The van der Waals surface area contributed by atoms with E-state index in [0.29, 0.717) is 44.8 Å². The number of halogens is 2. The number of amidine groups is 1. The molecule has 168 valence electrons. The van der Waals surface area contributed by atoms with Gasteiger partial charge in [-0.05, 0) is 65.7 Å². The van der Waals surface area contributed by atoms with E-state index in [0.717, 1.165) is 11.3 Å². The highest BCUT2D eigenvalue weighted by molar-refractivity contribution is 8.18. The number of hydrogen-bond acceptors (Lipinski definition) is 5. The minimum Gasteiger partial charge on any atom is -0.493 e. The Morgan fingerprint density at radius 1 is 1.22 bits per heavy atom. The number of benzene rings is 2. The highest BCUT2D eigenvalue weighted by Gasteiger charge is 2.33. The van der Waals surface area contributed by atoms with Gasteiger partial charge < -0.3 is 9.47 Å². The van der Waals surface area contributed by atoms with Crippen molar-refractivity contribution in [3.05, 3.63) is 69.6 Å². The van der Waals surface area contributed by atoms with Crippen molar-refractivity contribution in [1.29, 1.82) is 0 Å². The van der Waals surface area contributed by atoms with Gasteiger partial charge in [-0.15, -0.1) is 0 Å². The average Bonchev–Trinajstić information content (AvgIpc) is 3.02. The summed E-state index contributed by atoms with van der Waals surface area (Å²) in [6.07, 6.45) is 3.42. The minimum absolute atomic E-state index is 0.0986. The maximum absolute atomic E-state index is 13.2. The van der Waals surface area contributed by atoms with Crippen molar-refractivity contribution >= 4 is 57.8 Å². The Labute approximate surface area is 202 Å². The third kappa shape index (κ3) is 5.88. The summed E-state index contributed by atoms with van der Waals surface area (Å²) in [4.78, 5) is 20.1. The lowest BCUT2D eigenvalue weighted by atomic mass is 10.1. The summed E-state index contributed by atoms with van der Waals surface area (Å²) in [5.74, 6) is 1.10. The molecule has 32 heavy (non-hydrogen) atoms. The molecule has 0 atom stereocenters. The van der Waals surface area contributed by atoms with Crippen LogP contribution in [0.15, 0.2) is 59.0 Å². The van der Waals surface area contributed by atoms with Crippen molar-refractivity contribution in [3.8, 4) is 11.5 Å². The molecule has 1 amide bonds. The molecule has 2 aromatic rings. The Hall–Kier alpha value is -2.41. The minimum atomic E-state index is -0.0986. The third-order valence-electron chi connectivity index (χ3n) is 4.38. The standard InChI is InChI=1S/C24H24Cl2N2O3S/c1-5-10-31-22-19(26)11-16(12-20(22)30-4)13-21-23(29)28(14-15(2)3)24(32-21)27-18-8-6-17(25)7-9-18/h5-9,11-13,15H,1,10,14H2,2-4H3/b21-13-,27-24?. The van der Waals surface area contributed by atoms with Crippen LogP contribution in [-0.2, 0) is 4.79 Å². The number of rotatable bonds is 8. The number of thioether (sulfide) groups is 1. The van der Waals surface area contributed by atoms with E-state index in [1.165, 1.54) is 11.8 Å². The summed E-state index contributed by atoms with van der Waals surface area (Å²) in [5, 5.41) is 1.65. The molecule has 1 saturated heterocycles. The molecule has 1 aliphatic rings. The number of nitrogens with zero attached hydrogens (tertiary/aromatic N) is 2. The molecule has 0 aliphatic carbocycles. The van der Waals surface area contributed by atoms with Crippen LogP contribution in [0.3, 0.4) is 0 Å². The number of aliphatic imine (C=N–C) groups is 1. The summed E-state index contributed by atoms with van der Waals surface area (Å²) >= 11 is 13.7. The highest BCUT2D eigenvalue weighted by atomic mass is 35.5. The van der Waals surface area contributed by atoms with Gasteiger partial charge in [-0.25, -0.2) is 4.99 Å². The summed E-state index contributed by atoms with van der Waals surface area (Å²) in [6, 6.07) is 10.7. The van der Waals surface area contributed by atoms with E-state index < -0.39 is 0 Å². The van der Waals surface area contributed by atoms with E-state index in [1.54, 1.807) is 48.4 Å². The first-order chi connectivity index (χ1) is 15.3. The smallest absolute Gasteiger partial charge is 0.266 e. The van der Waals surface area contributed by atoms with Crippen molar-refractivity contribution in [2.45, 2.75) is 13.8 Å². The van der Waals surface area contributed by atoms with E-state index in [-0.39, 0.29) is 11.8 Å². The summed E-state index contributed by atoms with van der Waals surface area (Å²) < 4.78 is 11.0. The van der Waals surface area contributed by atoms with Crippen LogP contribution in [-0.4, -0.2) is 36.2 Å². The first-order valence-corrected chi connectivity index (χ1v) is 11.6. The first kappa shape index (κ1) is 24.2. The third-order valence-corrected chi connectivity index (χ3v) is 5.92. The van der Waals surface area contributed by atoms with Gasteiger partial charge in [0.2, 0.25) is 0 Å². The molecule has 3 rings (SSSR count). The van der Waals surface area contributed by atoms with E-state index in [2.05, 4.69) is 25.4 Å². The van der Waals surface area contributed by atoms with Crippen LogP contribution in [0.4, 0.5) is 5.69 Å². The zero-order chi connectivity index (χ0) is 23.3. The van der Waals surface area contributed by atoms with Gasteiger partial charge in [0, 0.05) is 11.6 Å². The van der Waals surface area contributed by atoms with Gasteiger partial charge in [-0.1, -0.05) is 49.7 Å². The topological polar surface area (TPSA) is 51.1 Å². The van der Waals surface area contributed by atoms with Gasteiger partial charge in [-0.3, -0.25) is 9.69 Å². The Balaban J connectivity index is 1.96. The zero-order valence-corrected chi connectivity index (χ0v) is 20.4. The van der Waals surface area contributed by atoms with Gasteiger partial charge >= 0.3 is 0 Å². The average molecular weight is 491 g/mol. The van der Waals surface area contributed by atoms with Crippen LogP contribution in [0.25, 0.3) is 6.08 Å². The Bertz CT molecular complexity index is 1070. The van der Waals surface area contributed by atoms with Crippen LogP contribution >= 0.6 is 35.0 Å². The SMILES string of the molecule is C=CCOc1c(Cl)cc(/C=C2\SC(=Nc3ccc(Cl)cc3)N(CC(C)C)C2=O)cc1OC. The van der Waals surface area contributed by atoms with Gasteiger partial charge in [-0.2, -0.15) is 0 Å². The second-order valence-electron chi connectivity index (χ2n) is 7.42. The second kappa shape index (κ2) is 10.9. The Kier molecular flexibility index (Phi) is 8.29. The number of carbonyl (C=O) groups is 1. The van der Waals surface area contributed by atoms with Gasteiger partial charge in [0.1, 0.15) is 6.61 Å². The Morgan fingerprint density at radius 2 is 1.94 bits per heavy atom. The lowest BCUT2D eigenvalue weighted by molar-refractivity contribution is -0.122. The number of ether oxygens (including phenoxy) is 2. The number of methoxy groups -OCH3 is 1. The molecule has 0 spiro atoms. The van der Waals surface area contributed by atoms with Crippen LogP contribution in [0, 0.1) is 5.92 Å². The van der Waals surface area contributed by atoms with Crippen LogP contribution in [0.1, 0.15) is 19.4 Å². The van der Waals surface area contributed by atoms with Crippen molar-refractivity contribution < 1.29 is 14.3 Å². The second-order valence-corrected chi connectivity index (χ2v) is 9.28. The molecule has 1 aliphatic heterocycles. The maximum Gasteiger partial charge on any atom is 0.266 e. The Morgan fingerprint density at radius 3 is 2.56 bits per heavy atom. The molecule has 1 fully saturated rings. The van der Waals surface area contributed by atoms with Crippen molar-refractivity contribution in [3.63, 3.8) is 0 Å². The molecule has 0 saturated carbocycles. The molecule has 0 radical (unpaired) electrons. The largest absolute Gasteiger partial charge is 0.493 e. The maximum atomic E-state index is 13.2. The van der Waals surface area contributed by atoms with E-state index in [1.807, 2.05) is 12.1 Å². The lowest BCUT2D eigenvalue weighted by Crippen LogP contribution is -2.32. The zero-order valence-electron chi connectivity index (χ0n) is 18.1. The predicted octanol–water partition coefficient (Wildman–Crippen LogP) is 6.83. The van der Waals surface area contributed by atoms with Crippen molar-refractivity contribution in [2.75, 3.05) is 20.3 Å². The first-order valence-electron chi connectivity index (χ1n) is 9.99. The molecule has 0 aromatic heterocycles. The molecule has 0 unspecified atom stereocenters. The highest BCUT2D eigenvalue weighted by Crippen LogP contribution is 2.39. The fraction of sp³-hybridized carbons (Fsp3) is 0.250. The quantitative estimate of drug-likeness (QED) is 0.300. The molecule has 0 N–H and O–H groups in total. The fourth-order valence-corrected chi connectivity index (χ4v) is 4.41. The van der Waals surface area contributed by atoms with Gasteiger partial charge in [0.25, 0.3) is 5.91 Å². The van der Waals surface area contributed by atoms with Gasteiger partial charge in [0.05, 0.1) is 22.7 Å². The molecule has 2 aromatic carbocycles. The van der Waals surface area contributed by atoms with Crippen molar-refractivity contribution in [2.24, 2.45) is 10.9 Å². The molecular formula is C24H24Cl2N2O3S. The normalized spacial score (nSPS) is 16.3. The molecule has 1 heterocycles. The number of amides is 1. The summed E-state index contributed by atoms with van der Waals surface area (Å²) in [5.41, 5.74) is 1.46. The molecule has 5 nitrogen and oxygen atoms in total. The monoisotopic (exact) mass is 490 g/mol. The number of carbonyl (C=O) groups excluding carboxylic acids is 1. The van der Waals surface area contributed by atoms with Crippen LogP contribution in [0.2, 0.25) is 10.0 Å². The van der Waals surface area contributed by atoms with E-state index >= 15 is 0 Å². The molecular weight excluding hydrogens is 467 g/mol. The van der Waals surface area contributed by atoms with E-state index in [4.69, 9.17) is 32.7 Å². The number of hydrogen-bond donors (Lipinski definition) is 0. The predicted molar refractivity (Wildman–Crippen MR) is 134 cm³/mol. The summed E-state index contributed by atoms with van der Waals surface area (Å²) in [7, 11) is 1.54. The summed E-state index contributed by atoms with van der Waals surface area (Å²) in [6.45, 7) is 8.63. The lowest BCUT2D eigenvalue weighted by Gasteiger charge is -2.17. The molecule has 0 bridgehead atoms. The van der Waals surface area contributed by atoms with Gasteiger partial charge in [0.15, 0.2) is 16.7 Å². The van der Waals surface area contributed by atoms with Crippen LogP contribution in [0.5, 0.6) is 11.5 Å². The van der Waals surface area contributed by atoms with Crippen LogP contribution < -0.4 is 9.47 Å². The van der Waals surface area contributed by atoms with E-state index in [9.17, 15) is 4.79 Å². The van der Waals surface area contributed by atoms with Crippen molar-refractivity contribution in [1.82, 2.24) is 4.90 Å².